The van der Waals surface area contributed by atoms with Crippen LogP contribution < -0.4 is 36.9 Å². The molecule has 8 amide bonds. The molecule has 4 aliphatic rings. The Morgan fingerprint density at radius 1 is 0.764 bits per heavy atom. The second kappa shape index (κ2) is 40.6. The number of benzene rings is 2. The van der Waals surface area contributed by atoms with E-state index in [-0.39, 0.29) is 88.1 Å². The van der Waals surface area contributed by atoms with Gasteiger partial charge in [0.05, 0.1) is 65.8 Å². The molecule has 37 nitrogen and oxygen atoms in total. The number of fused-ring (bicyclic) bond motifs is 4. The highest BCUT2D eigenvalue weighted by Crippen LogP contribution is 2.45. The van der Waals surface area contributed by atoms with Gasteiger partial charge in [-0.1, -0.05) is 44.2 Å². The molecule has 1 saturated carbocycles. The number of imide groups is 1. The van der Waals surface area contributed by atoms with Gasteiger partial charge in [-0.15, -0.1) is 18.1 Å². The van der Waals surface area contributed by atoms with Crippen LogP contribution in [0, 0.1) is 11.8 Å². The summed E-state index contributed by atoms with van der Waals surface area (Å²) in [5, 5.41) is 24.9. The minimum absolute atomic E-state index is 0.0194. The first-order valence-electron chi connectivity index (χ1n) is 34.3. The van der Waals surface area contributed by atoms with Crippen LogP contribution in [0.15, 0.2) is 90.4 Å². The molecule has 2 bridgehead atoms. The van der Waals surface area contributed by atoms with Crippen molar-refractivity contribution in [2.24, 2.45) is 11.8 Å². The Morgan fingerprint density at radius 2 is 1.45 bits per heavy atom. The Labute approximate surface area is 610 Å². The van der Waals surface area contributed by atoms with Gasteiger partial charge in [0.2, 0.25) is 35.5 Å². The summed E-state index contributed by atoms with van der Waals surface area (Å²) >= 11 is 0. The van der Waals surface area contributed by atoms with Gasteiger partial charge >= 0.3 is 22.6 Å². The van der Waals surface area contributed by atoms with Crippen LogP contribution in [0.1, 0.15) is 87.0 Å². The molecule has 3 aromatic heterocycles. The van der Waals surface area contributed by atoms with Gasteiger partial charge in [0, 0.05) is 90.8 Å². The van der Waals surface area contributed by atoms with Crippen LogP contribution in [0.5, 0.6) is 5.88 Å². The standard InChI is InChI=1S/C67H85N13O24P2/c1-40(2)55(74-62(87)48(12-8-9-22-79-53(82)17-18-54(79)83)73-51(81)20-23-94-26-27-96-30-31-97-29-28-95-25-24-93-5)63(88)71-41(3)60(85)72-45-15-13-42(14-16-45)35-98-67(90)78(4)34-43-10-6-7-11-47(43)61(86)76-66-75-59-56(64(89)77-66)70-39-80(59)65-58-57(84)50(102-65)37-100-105(91)103-49-33-46(101-52-19-21-68-38-69-52)32-44(49)36-99-106(92)104-58/h6-7,10-11,13-19,21,38-41,44,46,48-50,55,57-58,65,84H,8-9,12,20,22-37H2,1-5H3,(H4-2,71,72,73,74,75,76,77,81,85,86,87,88,89)/p+2/t41-,44+,46+,48-,49-,50+,55-,57+,58+,65+/m0/s1. The predicted molar refractivity (Wildman–Crippen MR) is 371 cm³/mol. The summed E-state index contributed by atoms with van der Waals surface area (Å²) in [7, 11) is -2.71. The number of aromatic nitrogens is 6. The smallest absolute Gasteiger partial charge is 0.474 e. The van der Waals surface area contributed by atoms with Crippen LogP contribution in [0.2, 0.25) is 0 Å². The fourth-order valence-electron chi connectivity index (χ4n) is 11.5. The summed E-state index contributed by atoms with van der Waals surface area (Å²) in [6.45, 7) is 6.91. The van der Waals surface area contributed by atoms with Crippen molar-refractivity contribution in [2.45, 2.75) is 127 Å². The van der Waals surface area contributed by atoms with Crippen LogP contribution >= 0.6 is 16.5 Å². The van der Waals surface area contributed by atoms with Crippen molar-refractivity contribution >= 4 is 86.8 Å². The number of aliphatic hydroxyl groups is 1. The van der Waals surface area contributed by atoms with E-state index < -0.39 is 143 Å². The number of hydrogen-bond donors (Lipinski definition) is 7. The molecule has 39 heteroatoms. The number of anilines is 2. The lowest BCUT2D eigenvalue weighted by Gasteiger charge is -2.26. The summed E-state index contributed by atoms with van der Waals surface area (Å²) in [6, 6.07) is 10.8. The van der Waals surface area contributed by atoms with Crippen molar-refractivity contribution in [3.63, 3.8) is 0 Å². The molecular formula is C67H87N13O24P2+2. The fraction of sp³-hybridized carbons (Fsp3) is 0.537. The Balaban J connectivity index is 0.727. The Hall–Kier alpha value is -9.07. The maximum Gasteiger partial charge on any atom is 0.697 e. The lowest BCUT2D eigenvalue weighted by atomic mass is 10.0. The van der Waals surface area contributed by atoms with Gasteiger partial charge in [-0.05, 0) is 67.9 Å². The zero-order valence-corrected chi connectivity index (χ0v) is 60.7. The molecule has 0 spiro atoms. The molecule has 3 aliphatic heterocycles. The van der Waals surface area contributed by atoms with E-state index in [2.05, 4.69) is 51.5 Å². The van der Waals surface area contributed by atoms with E-state index in [4.69, 9.17) is 56.0 Å². The molecule has 3 fully saturated rings. The van der Waals surface area contributed by atoms with E-state index in [9.17, 15) is 57.4 Å². The number of ether oxygens (including phenoxy) is 8. The van der Waals surface area contributed by atoms with Gasteiger partial charge < -0.3 is 69.2 Å². The van der Waals surface area contributed by atoms with E-state index in [0.29, 0.717) is 81.6 Å². The van der Waals surface area contributed by atoms with E-state index in [1.165, 1.54) is 60.5 Å². The van der Waals surface area contributed by atoms with Gasteiger partial charge in [-0.25, -0.2) is 19.7 Å². The molecule has 106 heavy (non-hydrogen) atoms. The largest absolute Gasteiger partial charge is 0.697 e. The monoisotopic (exact) mass is 1520 g/mol. The van der Waals surface area contributed by atoms with Gasteiger partial charge in [0.25, 0.3) is 23.3 Å². The zero-order valence-electron chi connectivity index (χ0n) is 58.9. The third-order valence-corrected chi connectivity index (χ3v) is 18.7. The number of methoxy groups -OCH3 is 1. The highest BCUT2D eigenvalue weighted by Gasteiger charge is 2.54. The maximum absolute atomic E-state index is 14.0. The van der Waals surface area contributed by atoms with Crippen molar-refractivity contribution in [3.8, 4) is 5.88 Å². The highest BCUT2D eigenvalue weighted by molar-refractivity contribution is 7.33. The highest BCUT2D eigenvalue weighted by atomic mass is 31.1. The van der Waals surface area contributed by atoms with E-state index in [0.717, 1.165) is 4.90 Å². The van der Waals surface area contributed by atoms with Crippen LogP contribution in [-0.4, -0.2) is 234 Å². The molecule has 7 N–H and O–H groups in total. The zero-order chi connectivity index (χ0) is 75.7. The first-order valence-corrected chi connectivity index (χ1v) is 36.5. The van der Waals surface area contributed by atoms with E-state index in [1.54, 1.807) is 69.5 Å². The molecule has 572 valence electrons. The van der Waals surface area contributed by atoms with E-state index >= 15 is 0 Å². The number of aromatic amines is 1. The molecule has 12 atom stereocenters. The first-order chi connectivity index (χ1) is 51.1. The molecule has 2 saturated heterocycles. The second-order valence-electron chi connectivity index (χ2n) is 25.2. The molecule has 1 aliphatic carbocycles. The molecule has 6 heterocycles. The van der Waals surface area contributed by atoms with E-state index in [1.807, 2.05) is 0 Å². The Kier molecular flexibility index (Phi) is 31.0. The minimum Gasteiger partial charge on any atom is -0.474 e. The third kappa shape index (κ3) is 23.7. The summed E-state index contributed by atoms with van der Waals surface area (Å²) in [5.74, 6) is -5.09. The van der Waals surface area contributed by atoms with Gasteiger partial charge in [-0.3, -0.25) is 58.1 Å². The quantitative estimate of drug-likeness (QED) is 0.0170. The lowest BCUT2D eigenvalue weighted by molar-refractivity contribution is -0.137. The van der Waals surface area contributed by atoms with Crippen LogP contribution in [0.4, 0.5) is 16.4 Å². The minimum atomic E-state index is -2.96. The van der Waals surface area contributed by atoms with Crippen molar-refractivity contribution in [3.05, 3.63) is 113 Å². The molecule has 5 aromatic rings. The normalized spacial score (nSPS) is 21.1. The lowest BCUT2D eigenvalue weighted by Crippen LogP contribution is -2.57. The summed E-state index contributed by atoms with van der Waals surface area (Å²) in [5.41, 5.74) is 0.157. The Bertz CT molecular complexity index is 3930. The SMILES string of the molecule is COCCOCCOCCOCCOCCC(=O)N[C@@H](CCCCN1C(=O)C=CC1=O)C(=O)N[C@H](C(=O)N[C@@H](C)C(=O)Nc1ccc(COC(=O)N(C)Cc2ccccc2C(=O)Nc2nc3c(ncn3[C@@H]3O[C@@H]4CO[P+](=O)O[C@H]5C[C@H](Oc6ccncn6)C[C@@H]5CO[P+](=O)O[C@@H]3[C@@H]4O)c(=O)[nH]2)cc1)C(C)C. The average Bonchev–Trinajstić information content (AvgIpc) is 1.60. The van der Waals surface area contributed by atoms with Gasteiger partial charge in [0.1, 0.15) is 68.7 Å². The van der Waals surface area contributed by atoms with Crippen LogP contribution in [0.3, 0.4) is 0 Å². The maximum atomic E-state index is 14.0. The number of carbonyl (C=O) groups excluding carboxylic acids is 8. The molecule has 9 rings (SSSR count). The number of H-pyrrole nitrogens is 1. The summed E-state index contributed by atoms with van der Waals surface area (Å²) in [4.78, 5) is 141. The molecule has 0 radical (unpaired) electrons. The number of carbonyl (C=O) groups is 8. The summed E-state index contributed by atoms with van der Waals surface area (Å²) < 4.78 is 95.1. The molecular weight excluding hydrogens is 1430 g/mol. The van der Waals surface area contributed by atoms with Crippen molar-refractivity contribution in [1.82, 2.24) is 55.2 Å². The molecule has 2 unspecified atom stereocenters. The number of nitrogens with one attached hydrogen (secondary N) is 6. The number of amides is 8. The molecule has 2 aromatic carbocycles. The third-order valence-electron chi connectivity index (χ3n) is 17.1. The Morgan fingerprint density at radius 3 is 2.15 bits per heavy atom. The van der Waals surface area contributed by atoms with Crippen LogP contribution in [0.25, 0.3) is 11.2 Å². The van der Waals surface area contributed by atoms with Crippen molar-refractivity contribution in [2.75, 3.05) is 104 Å². The number of rotatable bonds is 37. The number of unbranched alkanes of at least 4 members (excludes halogenated alkanes) is 1. The van der Waals surface area contributed by atoms with Crippen molar-refractivity contribution < 1.29 is 109 Å². The number of nitrogens with zero attached hydrogens (tertiary/aromatic N) is 7. The van der Waals surface area contributed by atoms with Gasteiger partial charge in [0.15, 0.2) is 23.5 Å². The van der Waals surface area contributed by atoms with Gasteiger partial charge in [-0.2, -0.15) is 4.98 Å². The topological polar surface area (TPSA) is 458 Å². The predicted octanol–water partition coefficient (Wildman–Crippen LogP) is 3.45. The number of aliphatic hydroxyl groups excluding tert-OH is 1. The number of hydrogen-bond acceptors (Lipinski definition) is 28. The second-order valence-corrected chi connectivity index (χ2v) is 27.0. The first kappa shape index (κ1) is 81.0. The average molecular weight is 1520 g/mol. The summed E-state index contributed by atoms with van der Waals surface area (Å²) in [6.07, 6.45) is 0.0346. The van der Waals surface area contributed by atoms with Crippen molar-refractivity contribution in [1.29, 1.82) is 0 Å². The van der Waals surface area contributed by atoms with Crippen LogP contribution in [-0.2, 0) is 102 Å². The fourth-order valence-corrected chi connectivity index (χ4v) is 13.1. The number of imidazole rings is 1.